The van der Waals surface area contributed by atoms with Crippen LogP contribution >= 0.6 is 23.2 Å². The molecule has 0 saturated carbocycles. The Labute approximate surface area is 199 Å². The van der Waals surface area contributed by atoms with Crippen LogP contribution < -0.4 is 0 Å². The summed E-state index contributed by atoms with van der Waals surface area (Å²) in [5, 5.41) is 0.203. The third kappa shape index (κ3) is 5.10. The molecule has 1 amide bonds. The quantitative estimate of drug-likeness (QED) is 0.632. The fraction of sp³-hybridized carbons (Fsp3) is 0.455. The number of halogens is 2. The SMILES string of the molecule is O=C(c1cc(S(=O)(=O)N2CCCCC2)c(Cl)cc1Cl)N1CCN(Cc2cccnc2)CC1. The minimum absolute atomic E-state index is 0.0402. The molecule has 32 heavy (non-hydrogen) atoms. The van der Waals surface area contributed by atoms with Gasteiger partial charge in [0.2, 0.25) is 10.0 Å². The van der Waals surface area contributed by atoms with Crippen molar-refractivity contribution in [2.45, 2.75) is 30.7 Å². The number of sulfonamides is 1. The molecule has 0 atom stereocenters. The summed E-state index contributed by atoms with van der Waals surface area (Å²) in [7, 11) is -3.78. The van der Waals surface area contributed by atoms with E-state index in [4.69, 9.17) is 23.2 Å². The lowest BCUT2D eigenvalue weighted by atomic mass is 10.1. The number of carbonyl (C=O) groups is 1. The molecule has 0 bridgehead atoms. The van der Waals surface area contributed by atoms with Gasteiger partial charge >= 0.3 is 0 Å². The van der Waals surface area contributed by atoms with Gasteiger partial charge in [-0.2, -0.15) is 4.31 Å². The van der Waals surface area contributed by atoms with Crippen LogP contribution in [0.2, 0.25) is 10.0 Å². The molecule has 2 saturated heterocycles. The molecule has 0 N–H and O–H groups in total. The van der Waals surface area contributed by atoms with Crippen LogP contribution in [-0.2, 0) is 16.6 Å². The summed E-state index contributed by atoms with van der Waals surface area (Å²) in [5.74, 6) is -0.275. The topological polar surface area (TPSA) is 73.8 Å². The Balaban J connectivity index is 1.49. The summed E-state index contributed by atoms with van der Waals surface area (Å²) in [4.78, 5) is 21.3. The molecule has 0 aliphatic carbocycles. The highest BCUT2D eigenvalue weighted by Gasteiger charge is 2.31. The number of benzene rings is 1. The fourth-order valence-electron chi connectivity index (χ4n) is 4.16. The van der Waals surface area contributed by atoms with Crippen molar-refractivity contribution in [2.24, 2.45) is 0 Å². The summed E-state index contributed by atoms with van der Waals surface area (Å²) in [6, 6.07) is 6.65. The molecule has 2 aliphatic rings. The Kier molecular flexibility index (Phi) is 7.37. The summed E-state index contributed by atoms with van der Waals surface area (Å²) in [6.45, 7) is 4.19. The number of hydrogen-bond donors (Lipinski definition) is 0. The van der Waals surface area contributed by atoms with Crippen molar-refractivity contribution in [3.8, 4) is 0 Å². The van der Waals surface area contributed by atoms with Crippen LogP contribution in [0.4, 0.5) is 0 Å². The number of aromatic nitrogens is 1. The van der Waals surface area contributed by atoms with Crippen molar-refractivity contribution in [3.05, 3.63) is 57.8 Å². The monoisotopic (exact) mass is 496 g/mol. The molecule has 0 radical (unpaired) electrons. The van der Waals surface area contributed by atoms with Gasteiger partial charge in [0.05, 0.1) is 15.6 Å². The average Bonchev–Trinajstić information content (AvgIpc) is 2.80. The van der Waals surface area contributed by atoms with Crippen LogP contribution in [0.3, 0.4) is 0 Å². The Morgan fingerprint density at radius 1 is 0.969 bits per heavy atom. The number of hydrogen-bond acceptors (Lipinski definition) is 5. The molecule has 2 fully saturated rings. The lowest BCUT2D eigenvalue weighted by molar-refractivity contribution is 0.0628. The van der Waals surface area contributed by atoms with Gasteiger partial charge in [0.15, 0.2) is 0 Å². The molecule has 0 spiro atoms. The largest absolute Gasteiger partial charge is 0.336 e. The van der Waals surface area contributed by atoms with Gasteiger partial charge in [-0.05, 0) is 36.6 Å². The molecule has 4 rings (SSSR count). The predicted molar refractivity (Wildman–Crippen MR) is 124 cm³/mol. The summed E-state index contributed by atoms with van der Waals surface area (Å²) in [5.41, 5.74) is 1.30. The molecule has 3 heterocycles. The zero-order valence-corrected chi connectivity index (χ0v) is 20.0. The van der Waals surface area contributed by atoms with Crippen LogP contribution in [0.5, 0.6) is 0 Å². The highest BCUT2D eigenvalue weighted by molar-refractivity contribution is 7.89. The maximum Gasteiger partial charge on any atom is 0.255 e. The van der Waals surface area contributed by atoms with E-state index < -0.39 is 10.0 Å². The molecule has 1 aromatic carbocycles. The van der Waals surface area contributed by atoms with E-state index in [1.54, 1.807) is 11.1 Å². The van der Waals surface area contributed by atoms with Gasteiger partial charge in [0.25, 0.3) is 5.91 Å². The minimum atomic E-state index is -3.78. The van der Waals surface area contributed by atoms with E-state index in [0.717, 1.165) is 31.4 Å². The van der Waals surface area contributed by atoms with E-state index in [1.165, 1.54) is 16.4 Å². The standard InChI is InChI=1S/C22H26Cl2N4O3S/c23-19-14-20(24)21(32(30,31)28-7-2-1-3-8-28)13-18(19)22(29)27-11-9-26(10-12-27)16-17-5-4-6-25-15-17/h4-6,13-15H,1-3,7-12,16H2. The van der Waals surface area contributed by atoms with Gasteiger partial charge < -0.3 is 4.90 Å². The maximum absolute atomic E-state index is 13.2. The van der Waals surface area contributed by atoms with Gasteiger partial charge in [0.1, 0.15) is 4.90 Å². The number of rotatable bonds is 5. The maximum atomic E-state index is 13.2. The third-order valence-electron chi connectivity index (χ3n) is 5.97. The van der Waals surface area contributed by atoms with Crippen molar-refractivity contribution in [2.75, 3.05) is 39.3 Å². The second kappa shape index (κ2) is 10.1. The number of piperidine rings is 1. The smallest absolute Gasteiger partial charge is 0.255 e. The normalized spacial score (nSPS) is 18.6. The lowest BCUT2D eigenvalue weighted by Crippen LogP contribution is -2.48. The number of carbonyl (C=O) groups excluding carboxylic acids is 1. The van der Waals surface area contributed by atoms with Crippen LogP contribution in [0, 0.1) is 0 Å². The van der Waals surface area contributed by atoms with E-state index in [0.29, 0.717) is 39.3 Å². The molecule has 2 aliphatic heterocycles. The van der Waals surface area contributed by atoms with E-state index in [9.17, 15) is 13.2 Å². The first-order valence-corrected chi connectivity index (χ1v) is 13.0. The molecule has 2 aromatic rings. The number of piperazine rings is 1. The molecular weight excluding hydrogens is 471 g/mol. The summed E-state index contributed by atoms with van der Waals surface area (Å²) in [6.07, 6.45) is 6.24. The van der Waals surface area contributed by atoms with E-state index in [-0.39, 0.29) is 26.4 Å². The van der Waals surface area contributed by atoms with Gasteiger partial charge in [-0.15, -0.1) is 0 Å². The van der Waals surface area contributed by atoms with E-state index in [1.807, 2.05) is 18.3 Å². The molecule has 0 unspecified atom stereocenters. The Hall–Kier alpha value is -1.71. The van der Waals surface area contributed by atoms with Crippen LogP contribution in [0.15, 0.2) is 41.6 Å². The zero-order chi connectivity index (χ0) is 22.7. The van der Waals surface area contributed by atoms with Gasteiger partial charge in [0, 0.05) is 58.2 Å². The van der Waals surface area contributed by atoms with Crippen molar-refractivity contribution < 1.29 is 13.2 Å². The summed E-state index contributed by atoms with van der Waals surface area (Å²) >= 11 is 12.6. The molecule has 7 nitrogen and oxygen atoms in total. The van der Waals surface area contributed by atoms with E-state index in [2.05, 4.69) is 9.88 Å². The second-order valence-corrected chi connectivity index (χ2v) is 10.9. The Morgan fingerprint density at radius 3 is 2.34 bits per heavy atom. The first-order valence-electron chi connectivity index (χ1n) is 10.8. The second-order valence-electron chi connectivity index (χ2n) is 8.16. The highest BCUT2D eigenvalue weighted by Crippen LogP contribution is 2.32. The van der Waals surface area contributed by atoms with Crippen molar-refractivity contribution in [1.82, 2.24) is 19.1 Å². The third-order valence-corrected chi connectivity index (χ3v) is 8.65. The summed E-state index contributed by atoms with van der Waals surface area (Å²) < 4.78 is 27.7. The highest BCUT2D eigenvalue weighted by atomic mass is 35.5. The Morgan fingerprint density at radius 2 is 1.69 bits per heavy atom. The van der Waals surface area contributed by atoms with Gasteiger partial charge in [-0.3, -0.25) is 14.7 Å². The first kappa shape index (κ1) is 23.4. The minimum Gasteiger partial charge on any atom is -0.336 e. The van der Waals surface area contributed by atoms with E-state index >= 15 is 0 Å². The predicted octanol–water partition coefficient (Wildman–Crippen LogP) is 3.52. The number of pyridine rings is 1. The molecule has 1 aromatic heterocycles. The van der Waals surface area contributed by atoms with Crippen LogP contribution in [-0.4, -0.2) is 72.7 Å². The van der Waals surface area contributed by atoms with Crippen molar-refractivity contribution >= 4 is 39.1 Å². The number of amides is 1. The van der Waals surface area contributed by atoms with Gasteiger partial charge in [-0.25, -0.2) is 8.42 Å². The average molecular weight is 497 g/mol. The fourth-order valence-corrected chi connectivity index (χ4v) is 6.51. The van der Waals surface area contributed by atoms with Gasteiger partial charge in [-0.1, -0.05) is 35.7 Å². The molecule has 172 valence electrons. The van der Waals surface area contributed by atoms with Crippen molar-refractivity contribution in [1.29, 1.82) is 0 Å². The van der Waals surface area contributed by atoms with Crippen LogP contribution in [0.25, 0.3) is 0 Å². The Bertz CT molecular complexity index is 1070. The molecule has 10 heteroatoms. The van der Waals surface area contributed by atoms with Crippen molar-refractivity contribution in [3.63, 3.8) is 0 Å². The number of nitrogens with zero attached hydrogens (tertiary/aromatic N) is 4. The molecular formula is C22H26Cl2N4O3S. The first-order chi connectivity index (χ1) is 15.4. The lowest BCUT2D eigenvalue weighted by Gasteiger charge is -2.35. The zero-order valence-electron chi connectivity index (χ0n) is 17.7. The van der Waals surface area contributed by atoms with Crippen LogP contribution in [0.1, 0.15) is 35.2 Å².